The van der Waals surface area contributed by atoms with Crippen molar-refractivity contribution in [1.82, 2.24) is 10.6 Å². The molecule has 0 spiro atoms. The number of rotatable bonds is 4. The molecule has 6 heteroatoms. The molecule has 1 aliphatic rings. The third-order valence-corrected chi connectivity index (χ3v) is 3.60. The maximum atomic E-state index is 13.4. The minimum absolute atomic E-state index is 0.0944. The molecule has 1 saturated carbocycles. The second kappa shape index (κ2) is 7.17. The third kappa shape index (κ3) is 4.26. The lowest BCUT2D eigenvalue weighted by molar-refractivity contribution is -0.122. The smallest absolute Gasteiger partial charge is 0.254 e. The quantitative estimate of drug-likeness (QED) is 0.774. The van der Waals surface area contributed by atoms with Gasteiger partial charge in [-0.25, -0.2) is 4.39 Å². The molecule has 1 aromatic carbocycles. The average Bonchev–Trinajstić information content (AvgIpc) is 2.48. The Morgan fingerprint density at radius 2 is 1.95 bits per heavy atom. The highest BCUT2D eigenvalue weighted by molar-refractivity contribution is 5.96. The molecule has 2 amide bonds. The van der Waals surface area contributed by atoms with E-state index >= 15 is 0 Å². The van der Waals surface area contributed by atoms with E-state index in [4.69, 9.17) is 0 Å². The summed E-state index contributed by atoms with van der Waals surface area (Å²) in [6, 6.07) is 5.32. The number of hydrogen-bond donors (Lipinski definition) is 3. The van der Waals surface area contributed by atoms with Gasteiger partial charge in [-0.3, -0.25) is 9.59 Å². The monoisotopic (exact) mass is 294 g/mol. The Morgan fingerprint density at radius 3 is 2.67 bits per heavy atom. The van der Waals surface area contributed by atoms with Crippen molar-refractivity contribution in [2.75, 3.05) is 6.54 Å². The summed E-state index contributed by atoms with van der Waals surface area (Å²) in [5.74, 6) is -1.64. The molecule has 1 aliphatic carbocycles. The Hall–Kier alpha value is -1.95. The predicted molar refractivity (Wildman–Crippen MR) is 75.1 cm³/mol. The number of carbonyl (C=O) groups excluding carboxylic acids is 2. The van der Waals surface area contributed by atoms with E-state index < -0.39 is 17.8 Å². The number of carbonyl (C=O) groups is 2. The first kappa shape index (κ1) is 15.4. The summed E-state index contributed by atoms with van der Waals surface area (Å²) >= 11 is 0. The minimum atomic E-state index is -0.632. The average molecular weight is 294 g/mol. The maximum Gasteiger partial charge on any atom is 0.254 e. The van der Waals surface area contributed by atoms with Crippen LogP contribution in [-0.4, -0.2) is 35.6 Å². The van der Waals surface area contributed by atoms with Gasteiger partial charge in [0.15, 0.2) is 0 Å². The minimum Gasteiger partial charge on any atom is -0.391 e. The fraction of sp³-hybridized carbons (Fsp3) is 0.467. The van der Waals surface area contributed by atoms with E-state index in [1.807, 2.05) is 0 Å². The predicted octanol–water partition coefficient (Wildman–Crippen LogP) is 0.975. The largest absolute Gasteiger partial charge is 0.391 e. The zero-order valence-corrected chi connectivity index (χ0v) is 11.6. The van der Waals surface area contributed by atoms with E-state index in [2.05, 4.69) is 10.6 Å². The fourth-order valence-corrected chi connectivity index (χ4v) is 2.44. The fourth-order valence-electron chi connectivity index (χ4n) is 2.44. The van der Waals surface area contributed by atoms with Gasteiger partial charge in [0, 0.05) is 0 Å². The van der Waals surface area contributed by atoms with E-state index in [9.17, 15) is 19.1 Å². The molecule has 0 aliphatic heterocycles. The van der Waals surface area contributed by atoms with Crippen LogP contribution in [0, 0.1) is 5.82 Å². The van der Waals surface area contributed by atoms with E-state index in [1.54, 1.807) is 6.07 Å². The Labute approximate surface area is 122 Å². The summed E-state index contributed by atoms with van der Waals surface area (Å²) in [7, 11) is 0. The van der Waals surface area contributed by atoms with Gasteiger partial charge in [0.25, 0.3) is 5.91 Å². The van der Waals surface area contributed by atoms with Gasteiger partial charge >= 0.3 is 0 Å². The molecule has 0 unspecified atom stereocenters. The number of aliphatic hydroxyl groups excluding tert-OH is 1. The first-order valence-electron chi connectivity index (χ1n) is 7.08. The van der Waals surface area contributed by atoms with E-state index in [-0.39, 0.29) is 24.1 Å². The van der Waals surface area contributed by atoms with Crippen LogP contribution in [0.25, 0.3) is 0 Å². The highest BCUT2D eigenvalue weighted by Gasteiger charge is 2.24. The molecule has 0 bridgehead atoms. The number of amides is 2. The van der Waals surface area contributed by atoms with Gasteiger partial charge in [0.1, 0.15) is 5.82 Å². The molecule has 5 nitrogen and oxygen atoms in total. The van der Waals surface area contributed by atoms with Crippen molar-refractivity contribution in [3.63, 3.8) is 0 Å². The molecular weight excluding hydrogens is 275 g/mol. The molecular formula is C15H19FN2O3. The zero-order chi connectivity index (χ0) is 15.2. The standard InChI is InChI=1S/C15H19FN2O3/c16-11-6-2-1-5-10(11)15(21)17-9-14(20)18-12-7-3-4-8-13(12)19/h1-2,5-6,12-13,19H,3-4,7-9H2,(H,17,21)(H,18,20)/t12-,13-/m0/s1. The van der Waals surface area contributed by atoms with Gasteiger partial charge in [-0.1, -0.05) is 25.0 Å². The summed E-state index contributed by atoms with van der Waals surface area (Å²) in [5.41, 5.74) is -0.0944. The van der Waals surface area contributed by atoms with Crippen molar-refractivity contribution in [3.8, 4) is 0 Å². The lowest BCUT2D eigenvalue weighted by atomic mass is 9.92. The van der Waals surface area contributed by atoms with Gasteiger partial charge in [-0.05, 0) is 25.0 Å². The summed E-state index contributed by atoms with van der Waals surface area (Å²) in [5, 5.41) is 14.8. The topological polar surface area (TPSA) is 78.4 Å². The molecule has 21 heavy (non-hydrogen) atoms. The number of halogens is 1. The maximum absolute atomic E-state index is 13.4. The van der Waals surface area contributed by atoms with E-state index in [0.717, 1.165) is 19.3 Å². The third-order valence-electron chi connectivity index (χ3n) is 3.60. The van der Waals surface area contributed by atoms with Crippen LogP contribution >= 0.6 is 0 Å². The van der Waals surface area contributed by atoms with Gasteiger partial charge in [0.2, 0.25) is 5.91 Å². The SMILES string of the molecule is O=C(CNC(=O)c1ccccc1F)N[C@H]1CCCC[C@@H]1O. The van der Waals surface area contributed by atoms with E-state index in [0.29, 0.717) is 6.42 Å². The number of benzene rings is 1. The molecule has 0 aromatic heterocycles. The van der Waals surface area contributed by atoms with Crippen LogP contribution < -0.4 is 10.6 Å². The van der Waals surface area contributed by atoms with Crippen molar-refractivity contribution in [2.24, 2.45) is 0 Å². The Balaban J connectivity index is 1.81. The summed E-state index contributed by atoms with van der Waals surface area (Å²) in [6.07, 6.45) is 2.78. The molecule has 1 fully saturated rings. The van der Waals surface area contributed by atoms with Crippen LogP contribution in [0.3, 0.4) is 0 Å². The van der Waals surface area contributed by atoms with Crippen molar-refractivity contribution in [3.05, 3.63) is 35.6 Å². The summed E-state index contributed by atoms with van der Waals surface area (Å²) in [6.45, 7) is -0.240. The van der Waals surface area contributed by atoms with Crippen molar-refractivity contribution in [2.45, 2.75) is 37.8 Å². The lowest BCUT2D eigenvalue weighted by Crippen LogP contribution is -2.48. The molecule has 2 atom stereocenters. The molecule has 2 rings (SSSR count). The van der Waals surface area contributed by atoms with Crippen LogP contribution in [0.2, 0.25) is 0 Å². The van der Waals surface area contributed by atoms with E-state index in [1.165, 1.54) is 18.2 Å². The Kier molecular flexibility index (Phi) is 5.27. The number of nitrogens with one attached hydrogen (secondary N) is 2. The van der Waals surface area contributed by atoms with Gasteiger partial charge in [-0.15, -0.1) is 0 Å². The lowest BCUT2D eigenvalue weighted by Gasteiger charge is -2.28. The van der Waals surface area contributed by atoms with Crippen LogP contribution in [0.5, 0.6) is 0 Å². The summed E-state index contributed by atoms with van der Waals surface area (Å²) < 4.78 is 13.4. The molecule has 0 saturated heterocycles. The first-order valence-corrected chi connectivity index (χ1v) is 7.08. The molecule has 3 N–H and O–H groups in total. The van der Waals surface area contributed by atoms with Crippen molar-refractivity contribution >= 4 is 11.8 Å². The normalized spacial score (nSPS) is 21.6. The molecule has 0 radical (unpaired) electrons. The van der Waals surface area contributed by atoms with Crippen LogP contribution in [0.1, 0.15) is 36.0 Å². The molecule has 0 heterocycles. The Bertz CT molecular complexity index is 521. The van der Waals surface area contributed by atoms with Gasteiger partial charge < -0.3 is 15.7 Å². The highest BCUT2D eigenvalue weighted by Crippen LogP contribution is 2.18. The number of hydrogen-bond acceptors (Lipinski definition) is 3. The van der Waals surface area contributed by atoms with Crippen molar-refractivity contribution < 1.29 is 19.1 Å². The highest BCUT2D eigenvalue weighted by atomic mass is 19.1. The molecule has 114 valence electrons. The summed E-state index contributed by atoms with van der Waals surface area (Å²) in [4.78, 5) is 23.5. The zero-order valence-electron chi connectivity index (χ0n) is 11.6. The first-order chi connectivity index (χ1) is 10.1. The second-order valence-corrected chi connectivity index (χ2v) is 5.19. The van der Waals surface area contributed by atoms with Crippen molar-refractivity contribution in [1.29, 1.82) is 0 Å². The van der Waals surface area contributed by atoms with Gasteiger partial charge in [0.05, 0.1) is 24.3 Å². The van der Waals surface area contributed by atoms with Crippen LogP contribution in [-0.2, 0) is 4.79 Å². The number of aliphatic hydroxyl groups is 1. The Morgan fingerprint density at radius 1 is 1.24 bits per heavy atom. The second-order valence-electron chi connectivity index (χ2n) is 5.19. The molecule has 1 aromatic rings. The van der Waals surface area contributed by atoms with Crippen LogP contribution in [0.15, 0.2) is 24.3 Å². The van der Waals surface area contributed by atoms with Crippen LogP contribution in [0.4, 0.5) is 4.39 Å². The van der Waals surface area contributed by atoms with Gasteiger partial charge in [-0.2, -0.15) is 0 Å².